The molecule has 3 rings (SSSR count). The van der Waals surface area contributed by atoms with Gasteiger partial charge in [0, 0.05) is 13.1 Å². The fourth-order valence-electron chi connectivity index (χ4n) is 3.74. The molecule has 3 aromatic rings. The minimum atomic E-state index is -4.43. The summed E-state index contributed by atoms with van der Waals surface area (Å²) in [6, 6.07) is 18.7. The van der Waals surface area contributed by atoms with E-state index in [9.17, 15) is 26.7 Å². The Morgan fingerprint density at radius 3 is 2.17 bits per heavy atom. The van der Waals surface area contributed by atoms with Gasteiger partial charge < -0.3 is 10.1 Å². The maximum atomic E-state index is 12.9. The topological polar surface area (TPSA) is 50.4 Å². The first-order valence-electron chi connectivity index (χ1n) is 10.9. The second kappa shape index (κ2) is 11.8. The number of nitrogens with one attached hydrogen (secondary N) is 2. The van der Waals surface area contributed by atoms with Gasteiger partial charge in [-0.25, -0.2) is 0 Å². The van der Waals surface area contributed by atoms with E-state index in [0.717, 1.165) is 12.1 Å². The summed E-state index contributed by atoms with van der Waals surface area (Å²) >= 11 is 0. The first kappa shape index (κ1) is 26.2. The molecule has 0 saturated carbocycles. The minimum Gasteiger partial charge on any atom is -0.435 e. The van der Waals surface area contributed by atoms with Crippen LogP contribution in [0.1, 0.15) is 40.8 Å². The van der Waals surface area contributed by atoms with Crippen LogP contribution in [0.4, 0.5) is 22.0 Å². The van der Waals surface area contributed by atoms with Crippen molar-refractivity contribution in [2.45, 2.75) is 37.7 Å². The van der Waals surface area contributed by atoms with Crippen LogP contribution in [-0.4, -0.2) is 19.6 Å². The molecule has 4 nitrogen and oxygen atoms in total. The molecule has 0 radical (unpaired) electrons. The predicted octanol–water partition coefficient (Wildman–Crippen LogP) is 6.06. The van der Waals surface area contributed by atoms with E-state index in [1.165, 1.54) is 31.3 Å². The summed E-state index contributed by atoms with van der Waals surface area (Å²) in [5.74, 6) is -0.328. The number of likely N-dealkylation sites (N-methyl/N-ethyl adjacent to an activating group) is 1. The first-order valence-corrected chi connectivity index (χ1v) is 10.9. The monoisotopic (exact) mass is 492 g/mol. The van der Waals surface area contributed by atoms with E-state index < -0.39 is 30.4 Å². The highest BCUT2D eigenvalue weighted by molar-refractivity contribution is 5.83. The molecule has 0 aliphatic carbocycles. The third kappa shape index (κ3) is 7.51. The van der Waals surface area contributed by atoms with E-state index in [-0.39, 0.29) is 11.7 Å². The number of aryl methyl sites for hydroxylation is 1. The van der Waals surface area contributed by atoms with E-state index in [1.807, 2.05) is 6.07 Å². The summed E-state index contributed by atoms with van der Waals surface area (Å²) in [5, 5.41) is 5.91. The molecule has 1 amide bonds. The Morgan fingerprint density at radius 1 is 0.914 bits per heavy atom. The van der Waals surface area contributed by atoms with Crippen LogP contribution < -0.4 is 15.4 Å². The molecule has 35 heavy (non-hydrogen) atoms. The number of ether oxygens (including phenoxy) is 1. The number of carbonyl (C=O) groups is 1. The molecular weight excluding hydrogens is 467 g/mol. The van der Waals surface area contributed by atoms with Gasteiger partial charge in [-0.15, -0.1) is 0 Å². The van der Waals surface area contributed by atoms with Gasteiger partial charge in [0.05, 0.1) is 5.56 Å². The largest absolute Gasteiger partial charge is 0.435 e. The molecular formula is C26H25F5N2O2. The third-order valence-electron chi connectivity index (χ3n) is 5.50. The number of carbonyl (C=O) groups excluding carboxylic acids is 1. The van der Waals surface area contributed by atoms with Gasteiger partial charge in [-0.2, -0.15) is 22.0 Å². The van der Waals surface area contributed by atoms with Crippen molar-refractivity contribution in [2.24, 2.45) is 0 Å². The molecule has 9 heteroatoms. The molecule has 0 aliphatic rings. The fraction of sp³-hybridized carbons (Fsp3) is 0.269. The van der Waals surface area contributed by atoms with E-state index >= 15 is 0 Å². The molecule has 186 valence electrons. The van der Waals surface area contributed by atoms with Crippen LogP contribution in [0.5, 0.6) is 5.75 Å². The summed E-state index contributed by atoms with van der Waals surface area (Å²) in [5.41, 5.74) is 1.23. The Morgan fingerprint density at radius 2 is 1.57 bits per heavy atom. The van der Waals surface area contributed by atoms with Gasteiger partial charge in [0.15, 0.2) is 0 Å². The van der Waals surface area contributed by atoms with Crippen LogP contribution in [-0.2, 0) is 17.4 Å². The summed E-state index contributed by atoms with van der Waals surface area (Å²) in [4.78, 5) is 12.7. The minimum absolute atomic E-state index is 0.0324. The van der Waals surface area contributed by atoms with Crippen molar-refractivity contribution in [2.75, 3.05) is 7.05 Å². The van der Waals surface area contributed by atoms with Gasteiger partial charge in [0.2, 0.25) is 5.91 Å². The Bertz CT molecular complexity index is 1090. The number of halogens is 5. The molecule has 0 fully saturated rings. The Labute approximate surface area is 200 Å². The lowest BCUT2D eigenvalue weighted by Crippen LogP contribution is -2.38. The van der Waals surface area contributed by atoms with Gasteiger partial charge in [-0.1, -0.05) is 54.6 Å². The summed E-state index contributed by atoms with van der Waals surface area (Å²) in [6.07, 6.45) is -3.67. The number of benzene rings is 3. The van der Waals surface area contributed by atoms with Crippen LogP contribution in [0.25, 0.3) is 0 Å². The molecule has 0 spiro atoms. The number of alkyl halides is 5. The number of rotatable bonds is 10. The van der Waals surface area contributed by atoms with Crippen LogP contribution in [0, 0.1) is 0 Å². The zero-order chi connectivity index (χ0) is 25.4. The average Bonchev–Trinajstić information content (AvgIpc) is 2.84. The third-order valence-corrected chi connectivity index (χ3v) is 5.50. The van der Waals surface area contributed by atoms with E-state index in [0.29, 0.717) is 29.5 Å². The van der Waals surface area contributed by atoms with Crippen LogP contribution >= 0.6 is 0 Å². The molecule has 0 bridgehead atoms. The standard InChI is InChI=1S/C26H25F5N2O2/c1-32-24(34)23(18-6-3-2-4-7-18)33-22(19-8-5-9-21(16-19)35-25(27)28)15-12-17-10-13-20(14-11-17)26(29,30)31/h2-11,13-14,16,22-23,25,33H,12,15H2,1H3,(H,32,34)/t22-,23-/m1/s1. The highest BCUT2D eigenvalue weighted by atomic mass is 19.4. The summed E-state index contributed by atoms with van der Waals surface area (Å²) < 4.78 is 68.7. The quantitative estimate of drug-likeness (QED) is 0.339. The molecule has 0 unspecified atom stereocenters. The number of hydrogen-bond donors (Lipinski definition) is 2. The molecule has 0 heterocycles. The van der Waals surface area contributed by atoms with E-state index in [1.54, 1.807) is 36.4 Å². The lowest BCUT2D eigenvalue weighted by Gasteiger charge is -2.26. The lowest BCUT2D eigenvalue weighted by molar-refractivity contribution is -0.137. The fourth-order valence-corrected chi connectivity index (χ4v) is 3.74. The van der Waals surface area contributed by atoms with Gasteiger partial charge in [0.25, 0.3) is 0 Å². The highest BCUT2D eigenvalue weighted by Gasteiger charge is 2.30. The zero-order valence-electron chi connectivity index (χ0n) is 18.9. The Hall–Kier alpha value is -3.46. The van der Waals surface area contributed by atoms with Crippen LogP contribution in [0.2, 0.25) is 0 Å². The second-order valence-corrected chi connectivity index (χ2v) is 7.86. The highest BCUT2D eigenvalue weighted by Crippen LogP contribution is 2.31. The van der Waals surface area contributed by atoms with Crippen molar-refractivity contribution in [1.29, 1.82) is 0 Å². The van der Waals surface area contributed by atoms with Crippen molar-refractivity contribution in [3.05, 3.63) is 101 Å². The Balaban J connectivity index is 1.88. The average molecular weight is 492 g/mol. The van der Waals surface area contributed by atoms with Gasteiger partial charge in [0.1, 0.15) is 11.8 Å². The lowest BCUT2D eigenvalue weighted by atomic mass is 9.96. The van der Waals surface area contributed by atoms with Gasteiger partial charge >= 0.3 is 12.8 Å². The van der Waals surface area contributed by atoms with Crippen molar-refractivity contribution in [3.63, 3.8) is 0 Å². The smallest absolute Gasteiger partial charge is 0.416 e. The van der Waals surface area contributed by atoms with E-state index in [4.69, 9.17) is 0 Å². The maximum Gasteiger partial charge on any atom is 0.416 e. The number of hydrogen-bond acceptors (Lipinski definition) is 3. The molecule has 0 saturated heterocycles. The zero-order valence-corrected chi connectivity index (χ0v) is 18.9. The van der Waals surface area contributed by atoms with Crippen molar-refractivity contribution in [1.82, 2.24) is 10.6 Å². The van der Waals surface area contributed by atoms with E-state index in [2.05, 4.69) is 15.4 Å². The second-order valence-electron chi connectivity index (χ2n) is 7.86. The van der Waals surface area contributed by atoms with Crippen molar-refractivity contribution >= 4 is 5.91 Å². The molecule has 0 aliphatic heterocycles. The van der Waals surface area contributed by atoms with Gasteiger partial charge in [-0.05, 0) is 53.8 Å². The van der Waals surface area contributed by atoms with Crippen LogP contribution in [0.3, 0.4) is 0 Å². The normalized spacial score (nSPS) is 13.3. The molecule has 2 N–H and O–H groups in total. The number of amides is 1. The molecule has 2 atom stereocenters. The maximum absolute atomic E-state index is 12.9. The van der Waals surface area contributed by atoms with Crippen LogP contribution in [0.15, 0.2) is 78.9 Å². The Kier molecular flexibility index (Phi) is 8.81. The molecule has 3 aromatic carbocycles. The molecule has 0 aromatic heterocycles. The first-order chi connectivity index (χ1) is 16.7. The predicted molar refractivity (Wildman–Crippen MR) is 122 cm³/mol. The SMILES string of the molecule is CNC(=O)[C@H](N[C@H](CCc1ccc(C(F)(F)F)cc1)c1cccc(OC(F)F)c1)c1ccccc1. The summed E-state index contributed by atoms with van der Waals surface area (Å²) in [6.45, 7) is -2.99. The van der Waals surface area contributed by atoms with Crippen molar-refractivity contribution < 1.29 is 31.5 Å². The summed E-state index contributed by atoms with van der Waals surface area (Å²) in [7, 11) is 1.51. The van der Waals surface area contributed by atoms with Crippen molar-refractivity contribution in [3.8, 4) is 5.75 Å². The van der Waals surface area contributed by atoms with Gasteiger partial charge in [-0.3, -0.25) is 10.1 Å².